The van der Waals surface area contributed by atoms with Crippen molar-refractivity contribution in [3.8, 4) is 0 Å². The van der Waals surface area contributed by atoms with Crippen LogP contribution in [-0.2, 0) is 30.4 Å². The summed E-state index contributed by atoms with van der Waals surface area (Å²) in [6.45, 7) is 3.53. The minimum atomic E-state index is -1.23. The number of nitrogens with one attached hydrogen (secondary N) is 3. The Morgan fingerprint density at radius 3 is 2.08 bits per heavy atom. The van der Waals surface area contributed by atoms with Crippen molar-refractivity contribution in [3.63, 3.8) is 0 Å². The number of hydrogen-bond acceptors (Lipinski definition) is 7. The molecule has 0 aliphatic rings. The first-order valence-electron chi connectivity index (χ1n) is 12.1. The topological polar surface area (TPSA) is 188 Å². The summed E-state index contributed by atoms with van der Waals surface area (Å²) < 4.78 is 0. The number of aliphatic carboxylic acids is 2. The van der Waals surface area contributed by atoms with E-state index in [-0.39, 0.29) is 18.8 Å². The normalized spacial score (nSPS) is 14.9. The Hall–Kier alpha value is -3.12. The smallest absolute Gasteiger partial charge is 0.326 e. The largest absolute Gasteiger partial charge is 0.481 e. The molecule has 0 fully saturated rings. The van der Waals surface area contributed by atoms with Crippen molar-refractivity contribution < 1.29 is 34.2 Å². The molecule has 0 aromatic heterocycles. The van der Waals surface area contributed by atoms with Crippen LogP contribution in [0.3, 0.4) is 0 Å². The van der Waals surface area contributed by atoms with E-state index in [1.807, 2.05) is 13.2 Å². The number of carboxylic acid groups (broad SMARTS) is 2. The van der Waals surface area contributed by atoms with Crippen molar-refractivity contribution in [2.45, 2.75) is 70.1 Å². The average molecular weight is 539 g/mol. The predicted molar refractivity (Wildman–Crippen MR) is 141 cm³/mol. The van der Waals surface area contributed by atoms with Gasteiger partial charge in [0.2, 0.25) is 17.7 Å². The highest BCUT2D eigenvalue weighted by Gasteiger charge is 2.33. The van der Waals surface area contributed by atoms with Crippen molar-refractivity contribution in [2.24, 2.45) is 11.7 Å². The number of benzene rings is 1. The second-order valence-corrected chi connectivity index (χ2v) is 9.83. The van der Waals surface area contributed by atoms with Crippen molar-refractivity contribution in [2.75, 3.05) is 12.0 Å². The lowest BCUT2D eigenvalue weighted by molar-refractivity contribution is -0.142. The van der Waals surface area contributed by atoms with Crippen LogP contribution in [0.1, 0.15) is 45.1 Å². The van der Waals surface area contributed by atoms with Gasteiger partial charge in [-0.25, -0.2) is 4.79 Å². The van der Waals surface area contributed by atoms with Gasteiger partial charge >= 0.3 is 11.9 Å². The number of nitrogens with two attached hydrogens (primary N) is 1. The second kappa shape index (κ2) is 16.6. The van der Waals surface area contributed by atoms with Gasteiger partial charge in [-0.2, -0.15) is 11.8 Å². The molecule has 3 amide bonds. The molecule has 7 N–H and O–H groups in total. The number of thioether (sulfide) groups is 1. The molecule has 0 heterocycles. The van der Waals surface area contributed by atoms with Gasteiger partial charge in [-0.1, -0.05) is 50.6 Å². The molecule has 37 heavy (non-hydrogen) atoms. The number of hydrogen-bond donors (Lipinski definition) is 6. The minimum absolute atomic E-state index is 0.0499. The van der Waals surface area contributed by atoms with Crippen LogP contribution < -0.4 is 21.7 Å². The summed E-state index contributed by atoms with van der Waals surface area (Å²) in [7, 11) is 0. The summed E-state index contributed by atoms with van der Waals surface area (Å²) >= 11 is 1.51. The van der Waals surface area contributed by atoms with Gasteiger partial charge in [0, 0.05) is 12.8 Å². The van der Waals surface area contributed by atoms with Gasteiger partial charge in [0.1, 0.15) is 18.1 Å². The van der Waals surface area contributed by atoms with Gasteiger partial charge in [0.15, 0.2) is 0 Å². The number of rotatable bonds is 17. The Labute approximate surface area is 221 Å². The molecule has 206 valence electrons. The van der Waals surface area contributed by atoms with Gasteiger partial charge in [-0.3, -0.25) is 19.2 Å². The highest BCUT2D eigenvalue weighted by Crippen LogP contribution is 2.11. The van der Waals surface area contributed by atoms with Crippen molar-refractivity contribution >= 4 is 41.4 Å². The molecule has 5 unspecified atom stereocenters. The third kappa shape index (κ3) is 11.6. The Morgan fingerprint density at radius 2 is 1.54 bits per heavy atom. The maximum Gasteiger partial charge on any atom is 0.326 e. The van der Waals surface area contributed by atoms with E-state index >= 15 is 0 Å². The molecule has 0 saturated heterocycles. The number of carboxylic acids is 2. The summed E-state index contributed by atoms with van der Waals surface area (Å²) in [4.78, 5) is 61.7. The van der Waals surface area contributed by atoms with Crippen LogP contribution in [0.4, 0.5) is 0 Å². The Bertz CT molecular complexity index is 916. The lowest BCUT2D eigenvalue weighted by atomic mass is 9.96. The van der Waals surface area contributed by atoms with Crippen LogP contribution in [0.5, 0.6) is 0 Å². The molecule has 5 atom stereocenters. The molecule has 11 nitrogen and oxygen atoms in total. The Kier molecular flexibility index (Phi) is 14.3. The van der Waals surface area contributed by atoms with Crippen LogP contribution in [-0.4, -0.2) is 76.0 Å². The standard InChI is InChI=1S/C25H38N4O7S/c1-4-15(2)21(24(34)28-19(25(35)36)14-16-8-6-5-7-9-16)29-23(33)18(10-11-20(30)31)27-22(32)17(26)12-13-37-3/h5-9,15,17-19,21H,4,10-14,26H2,1-3H3,(H,27,32)(H,28,34)(H,29,33)(H,30,31)(H,35,36). The third-order valence-corrected chi connectivity index (χ3v) is 6.58. The van der Waals surface area contributed by atoms with Crippen LogP contribution in [0.25, 0.3) is 0 Å². The third-order valence-electron chi connectivity index (χ3n) is 5.94. The highest BCUT2D eigenvalue weighted by molar-refractivity contribution is 7.98. The van der Waals surface area contributed by atoms with Gasteiger partial charge < -0.3 is 31.9 Å². The molecular formula is C25H38N4O7S. The van der Waals surface area contributed by atoms with Crippen LogP contribution >= 0.6 is 11.8 Å². The van der Waals surface area contributed by atoms with E-state index in [1.165, 1.54) is 11.8 Å². The molecule has 0 radical (unpaired) electrons. The van der Waals surface area contributed by atoms with Crippen LogP contribution in [0.15, 0.2) is 30.3 Å². The van der Waals surface area contributed by atoms with Gasteiger partial charge in [-0.05, 0) is 36.3 Å². The van der Waals surface area contributed by atoms with E-state index in [9.17, 15) is 29.1 Å². The number of carbonyl (C=O) groups is 5. The summed E-state index contributed by atoms with van der Waals surface area (Å²) in [6.07, 6.45) is 2.17. The molecule has 12 heteroatoms. The van der Waals surface area contributed by atoms with Gasteiger partial charge in [0.05, 0.1) is 6.04 Å². The van der Waals surface area contributed by atoms with Crippen molar-refractivity contribution in [1.82, 2.24) is 16.0 Å². The zero-order valence-electron chi connectivity index (χ0n) is 21.4. The van der Waals surface area contributed by atoms with Crippen LogP contribution in [0, 0.1) is 5.92 Å². The fraction of sp³-hybridized carbons (Fsp3) is 0.560. The Morgan fingerprint density at radius 1 is 0.919 bits per heavy atom. The SMILES string of the molecule is CCC(C)C(NC(=O)C(CCC(=O)O)NC(=O)C(N)CCSC)C(=O)NC(Cc1ccccc1)C(=O)O. The minimum Gasteiger partial charge on any atom is -0.481 e. The lowest BCUT2D eigenvalue weighted by Gasteiger charge is -2.28. The highest BCUT2D eigenvalue weighted by atomic mass is 32.2. The zero-order valence-corrected chi connectivity index (χ0v) is 22.3. The first-order chi connectivity index (χ1) is 17.5. The summed E-state index contributed by atoms with van der Waals surface area (Å²) in [5, 5.41) is 26.3. The molecule has 1 aromatic rings. The number of carbonyl (C=O) groups excluding carboxylic acids is 3. The number of amides is 3. The fourth-order valence-corrected chi connectivity index (χ4v) is 3.95. The molecule has 0 aliphatic heterocycles. The summed E-state index contributed by atoms with van der Waals surface area (Å²) in [5.74, 6) is -4.16. The Balaban J connectivity index is 3.03. The second-order valence-electron chi connectivity index (χ2n) is 8.84. The molecule has 1 aromatic carbocycles. The zero-order chi connectivity index (χ0) is 28.0. The quantitative estimate of drug-likeness (QED) is 0.166. The van der Waals surface area contributed by atoms with Gasteiger partial charge in [0.25, 0.3) is 0 Å². The maximum absolute atomic E-state index is 13.1. The van der Waals surface area contributed by atoms with Crippen molar-refractivity contribution in [1.29, 1.82) is 0 Å². The first kappa shape index (κ1) is 31.9. The molecule has 1 rings (SSSR count). The molecular weight excluding hydrogens is 500 g/mol. The monoisotopic (exact) mass is 538 g/mol. The van der Waals surface area contributed by atoms with E-state index in [0.29, 0.717) is 24.2 Å². The van der Waals surface area contributed by atoms with E-state index < -0.39 is 60.2 Å². The summed E-state index contributed by atoms with van der Waals surface area (Å²) in [6, 6.07) is 4.36. The lowest BCUT2D eigenvalue weighted by Crippen LogP contribution is -2.59. The van der Waals surface area contributed by atoms with E-state index in [4.69, 9.17) is 10.8 Å². The average Bonchev–Trinajstić information content (AvgIpc) is 2.87. The molecule has 0 aliphatic carbocycles. The first-order valence-corrected chi connectivity index (χ1v) is 13.5. The maximum atomic E-state index is 13.1. The molecule has 0 saturated carbocycles. The van der Waals surface area contributed by atoms with Crippen LogP contribution in [0.2, 0.25) is 0 Å². The molecule has 0 spiro atoms. The van der Waals surface area contributed by atoms with Gasteiger partial charge in [-0.15, -0.1) is 0 Å². The van der Waals surface area contributed by atoms with E-state index in [0.717, 1.165) is 0 Å². The summed E-state index contributed by atoms with van der Waals surface area (Å²) in [5.41, 5.74) is 6.60. The van der Waals surface area contributed by atoms with E-state index in [2.05, 4.69) is 16.0 Å². The molecule has 0 bridgehead atoms. The van der Waals surface area contributed by atoms with Crippen molar-refractivity contribution in [3.05, 3.63) is 35.9 Å². The van der Waals surface area contributed by atoms with E-state index in [1.54, 1.807) is 37.3 Å². The fourth-order valence-electron chi connectivity index (χ4n) is 3.46. The predicted octanol–water partition coefficient (Wildman–Crippen LogP) is 0.759.